The fourth-order valence-corrected chi connectivity index (χ4v) is 4.76. The highest BCUT2D eigenvalue weighted by Gasteiger charge is 2.96. The van der Waals surface area contributed by atoms with Crippen LogP contribution in [0.1, 0.15) is 6.92 Å². The third kappa shape index (κ3) is 8.10. The maximum absolute atomic E-state index is 14.4. The van der Waals surface area contributed by atoms with E-state index in [4.69, 9.17) is 9.79 Å². The average Bonchev–Trinajstić information content (AvgIpc) is 2.88. The second-order valence-electron chi connectivity index (χ2n) is 9.54. The van der Waals surface area contributed by atoms with Gasteiger partial charge in [-0.1, -0.05) is 6.92 Å². The van der Waals surface area contributed by atoms with Crippen LogP contribution >= 0.6 is 7.82 Å². The molecule has 338 valence electrons. The summed E-state index contributed by atoms with van der Waals surface area (Å²) in [6.45, 7) is -4.16. The molecule has 0 amide bonds. The Morgan fingerprint density at radius 1 is 0.464 bits per heavy atom. The molecule has 0 aliphatic carbocycles. The number of halogens is 29. The lowest BCUT2D eigenvalue weighted by atomic mass is 9.91. The molecule has 0 unspecified atom stereocenters. The number of hydrogen-bond acceptors (Lipinski definition) is 6. The number of nitrogens with zero attached hydrogens (tertiary/aromatic N) is 1. The van der Waals surface area contributed by atoms with Gasteiger partial charge < -0.3 is 9.79 Å². The van der Waals surface area contributed by atoms with E-state index in [0.717, 1.165) is 0 Å². The summed E-state index contributed by atoms with van der Waals surface area (Å²) < 4.78 is 427. The van der Waals surface area contributed by atoms with Crippen LogP contribution in [0.4, 0.5) is 127 Å². The summed E-state index contributed by atoms with van der Waals surface area (Å²) in [6.07, 6.45) is -48.1. The summed E-state index contributed by atoms with van der Waals surface area (Å²) in [5.41, 5.74) is 0. The van der Waals surface area contributed by atoms with Gasteiger partial charge in [-0.05, 0) is 0 Å². The minimum Gasteiger partial charge on any atom is -0.303 e. The van der Waals surface area contributed by atoms with Crippen molar-refractivity contribution < 1.29 is 164 Å². The van der Waals surface area contributed by atoms with Gasteiger partial charge in [-0.3, -0.25) is 0 Å². The molecule has 0 aromatic heterocycles. The van der Waals surface area contributed by atoms with Crippen molar-refractivity contribution in [2.75, 3.05) is 6.54 Å². The molecular weight excluding hydrogens is 948 g/mol. The van der Waals surface area contributed by atoms with Crippen LogP contribution in [0.25, 0.3) is 0 Å². The van der Waals surface area contributed by atoms with Gasteiger partial charge in [-0.2, -0.15) is 127 Å². The fourth-order valence-electron chi connectivity index (χ4n) is 2.88. The van der Waals surface area contributed by atoms with Crippen molar-refractivity contribution in [3.05, 3.63) is 0 Å². The van der Waals surface area contributed by atoms with Crippen LogP contribution in [0.2, 0.25) is 0 Å². The lowest BCUT2D eigenvalue weighted by Gasteiger charge is -2.43. The van der Waals surface area contributed by atoms with Crippen molar-refractivity contribution in [2.24, 2.45) is 0 Å². The van der Waals surface area contributed by atoms with Gasteiger partial charge >= 0.3 is 91.4 Å². The predicted octanol–water partition coefficient (Wildman–Crippen LogP) is 8.30. The van der Waals surface area contributed by atoms with Crippen LogP contribution in [0.5, 0.6) is 0 Å². The van der Waals surface area contributed by atoms with E-state index in [1.807, 2.05) is 4.52 Å². The van der Waals surface area contributed by atoms with E-state index in [9.17, 15) is 140 Å². The zero-order chi connectivity index (χ0) is 46.4. The first-order valence-corrected chi connectivity index (χ1v) is 14.7. The van der Waals surface area contributed by atoms with E-state index in [0.29, 0.717) is 0 Å². The summed E-state index contributed by atoms with van der Waals surface area (Å²) in [4.78, 5) is 16.0. The Labute approximate surface area is 284 Å². The van der Waals surface area contributed by atoms with Crippen molar-refractivity contribution in [3.8, 4) is 0 Å². The Morgan fingerprint density at radius 2 is 0.732 bits per heavy atom. The average molecular weight is 955 g/mol. The van der Waals surface area contributed by atoms with Crippen molar-refractivity contribution >= 4 is 17.8 Å². The SMILES string of the molecule is CCN(C(F)(F)C(F)(F)OC(F)(F)C(F)(F)OC(F)(F)C(F)(F)OP(=O)(O)O)S(=O)(=O)C(F)(F)C(F)(F)C(F)(F)C(F)(F)C(F)(F)C(F)(F)C(F)(F)C(F)(F)F. The molecular formula is C16H7F29NO8PS. The lowest BCUT2D eigenvalue weighted by molar-refractivity contribution is -0.553. The Balaban J connectivity index is 7.32. The number of alkyl halides is 29. The number of phosphoric acid groups is 1. The molecule has 0 bridgehead atoms. The largest absolute Gasteiger partial charge is 0.474 e. The third-order valence-electron chi connectivity index (χ3n) is 5.68. The van der Waals surface area contributed by atoms with Crippen LogP contribution in [-0.4, -0.2) is 113 Å². The maximum atomic E-state index is 14.4. The molecule has 0 heterocycles. The minimum absolute atomic E-state index is 0.768. The van der Waals surface area contributed by atoms with Crippen molar-refractivity contribution in [1.29, 1.82) is 0 Å². The Morgan fingerprint density at radius 3 is 1.02 bits per heavy atom. The third-order valence-corrected chi connectivity index (χ3v) is 8.12. The standard InChI is InChI=1S/C16H7F29NO8PS/c1-2-46(10(32,33)11(34,35)52-12(36,37)13(38,39)53-14(40,41)15(42,43)54-55(47,48)49)56(50,51)16(44,45)8(27,28)6(23,24)4(19,20)3(17,18)5(21,22)7(25,26)9(29,30)31/h2H2,1H3,(H2,47,48,49). The van der Waals surface area contributed by atoms with Gasteiger partial charge in [-0.25, -0.2) is 27.0 Å². The van der Waals surface area contributed by atoms with Crippen LogP contribution in [0, 0.1) is 0 Å². The normalized spacial score (nSPS) is 16.9. The molecule has 40 heteroatoms. The highest BCUT2D eigenvalue weighted by Crippen LogP contribution is 2.65. The number of sulfonamides is 1. The predicted molar refractivity (Wildman–Crippen MR) is 107 cm³/mol. The Kier molecular flexibility index (Phi) is 13.5. The van der Waals surface area contributed by atoms with E-state index in [-0.39, 0.29) is 0 Å². The molecule has 0 radical (unpaired) electrons. The number of rotatable bonds is 19. The zero-order valence-corrected chi connectivity index (χ0v) is 26.0. The summed E-state index contributed by atoms with van der Waals surface area (Å²) in [5, 5.41) is -9.12. The second-order valence-corrected chi connectivity index (χ2v) is 12.6. The summed E-state index contributed by atoms with van der Waals surface area (Å²) in [5.74, 6) is -56.2. The van der Waals surface area contributed by atoms with Crippen LogP contribution < -0.4 is 0 Å². The first-order valence-electron chi connectivity index (χ1n) is 11.7. The molecule has 0 aromatic carbocycles. The summed E-state index contributed by atoms with van der Waals surface area (Å²) in [7, 11) is -16.6. The molecule has 0 rings (SSSR count). The Bertz CT molecular complexity index is 1590. The van der Waals surface area contributed by atoms with Gasteiger partial charge in [0.05, 0.1) is 0 Å². The first-order chi connectivity index (χ1) is 23.6. The monoisotopic (exact) mass is 955 g/mol. The highest BCUT2D eigenvalue weighted by atomic mass is 32.2. The quantitative estimate of drug-likeness (QED) is 0.0754. The maximum Gasteiger partial charge on any atom is 0.474 e. The highest BCUT2D eigenvalue weighted by molar-refractivity contribution is 7.90. The summed E-state index contributed by atoms with van der Waals surface area (Å²) in [6, 6.07) is -8.28. The van der Waals surface area contributed by atoms with E-state index in [1.54, 1.807) is 0 Å². The van der Waals surface area contributed by atoms with E-state index < -0.39 is 119 Å². The molecule has 56 heavy (non-hydrogen) atoms. The van der Waals surface area contributed by atoms with Gasteiger partial charge in [-0.15, -0.1) is 4.31 Å². The van der Waals surface area contributed by atoms with Crippen LogP contribution in [0.15, 0.2) is 0 Å². The molecule has 0 fully saturated rings. The van der Waals surface area contributed by atoms with E-state index in [1.165, 1.54) is 9.47 Å². The number of hydrogen-bond donors (Lipinski definition) is 2. The zero-order valence-electron chi connectivity index (χ0n) is 24.3. The van der Waals surface area contributed by atoms with Gasteiger partial charge in [0.25, 0.3) is 10.0 Å². The Hall–Kier alpha value is -2.09. The summed E-state index contributed by atoms with van der Waals surface area (Å²) >= 11 is 0. The van der Waals surface area contributed by atoms with Crippen molar-refractivity contribution in [1.82, 2.24) is 4.31 Å². The number of ether oxygens (including phenoxy) is 2. The number of phosphoric ester groups is 1. The molecule has 0 saturated heterocycles. The molecule has 2 N–H and O–H groups in total. The molecule has 9 nitrogen and oxygen atoms in total. The minimum atomic E-state index is -9.64. The van der Waals surface area contributed by atoms with E-state index in [2.05, 4.69) is 0 Å². The molecule has 0 saturated carbocycles. The topological polar surface area (TPSA) is 123 Å². The van der Waals surface area contributed by atoms with Crippen molar-refractivity contribution in [3.63, 3.8) is 0 Å². The van der Waals surface area contributed by atoms with Gasteiger partial charge in [0.1, 0.15) is 0 Å². The van der Waals surface area contributed by atoms with Gasteiger partial charge in [0.15, 0.2) is 0 Å². The molecule has 0 aliphatic heterocycles. The molecule has 0 atom stereocenters. The van der Waals surface area contributed by atoms with Crippen molar-refractivity contribution in [2.45, 2.75) is 90.5 Å². The molecule has 0 aliphatic rings. The molecule has 0 aromatic rings. The molecule has 0 spiro atoms. The van der Waals surface area contributed by atoms with Gasteiger partial charge in [0, 0.05) is 6.54 Å². The second kappa shape index (κ2) is 14.0. The fraction of sp³-hybridized carbons (Fsp3) is 1.00. The first kappa shape index (κ1) is 53.9. The van der Waals surface area contributed by atoms with Crippen LogP contribution in [-0.2, 0) is 28.6 Å². The smallest absolute Gasteiger partial charge is 0.303 e. The lowest BCUT2D eigenvalue weighted by Crippen LogP contribution is -2.75. The van der Waals surface area contributed by atoms with Crippen LogP contribution in [0.3, 0.4) is 0 Å². The number of likely N-dealkylation sites (N-methyl/N-ethyl adjacent to an activating group) is 1. The van der Waals surface area contributed by atoms with Gasteiger partial charge in [0.2, 0.25) is 0 Å². The van der Waals surface area contributed by atoms with E-state index >= 15 is 0 Å².